The van der Waals surface area contributed by atoms with Crippen LogP contribution in [-0.2, 0) is 9.53 Å². The lowest BCUT2D eigenvalue weighted by Gasteiger charge is -2.24. The molecule has 1 saturated heterocycles. The predicted molar refractivity (Wildman–Crippen MR) is 91.6 cm³/mol. The summed E-state index contributed by atoms with van der Waals surface area (Å²) in [4.78, 5) is 20.9. The Morgan fingerprint density at radius 3 is 2.92 bits per heavy atom. The van der Waals surface area contributed by atoms with Gasteiger partial charge < -0.3 is 31.7 Å². The minimum absolute atomic E-state index is 0.178. The van der Waals surface area contributed by atoms with E-state index in [1.54, 1.807) is 16.8 Å². The van der Waals surface area contributed by atoms with Gasteiger partial charge in [0.1, 0.15) is 23.8 Å². The molecule has 0 radical (unpaired) electrons. The van der Waals surface area contributed by atoms with Crippen LogP contribution in [-0.4, -0.2) is 61.6 Å². The van der Waals surface area contributed by atoms with Crippen molar-refractivity contribution in [2.75, 3.05) is 12.3 Å². The molecule has 0 bridgehead atoms. The molecular formula is C16H22N6O4. The second kappa shape index (κ2) is 6.47. The Bertz CT molecular complexity index is 822. The number of anilines is 1. The zero-order valence-corrected chi connectivity index (χ0v) is 14.0. The highest BCUT2D eigenvalue weighted by Gasteiger charge is 2.47. The molecule has 1 aliphatic heterocycles. The van der Waals surface area contributed by atoms with E-state index in [1.807, 2.05) is 0 Å². The maximum atomic E-state index is 12.4. The summed E-state index contributed by atoms with van der Waals surface area (Å²) in [6.07, 6.45) is 2.15. The van der Waals surface area contributed by atoms with Crippen LogP contribution in [0.25, 0.3) is 11.2 Å². The van der Waals surface area contributed by atoms with E-state index in [4.69, 9.17) is 16.2 Å². The summed E-state index contributed by atoms with van der Waals surface area (Å²) in [6, 6.07) is 0.212. The molecule has 10 nitrogen and oxygen atoms in total. The van der Waals surface area contributed by atoms with Crippen LogP contribution in [0.1, 0.15) is 19.1 Å². The van der Waals surface area contributed by atoms with Gasteiger partial charge in [0, 0.05) is 6.20 Å². The van der Waals surface area contributed by atoms with E-state index in [0.29, 0.717) is 16.9 Å². The lowest BCUT2D eigenvalue weighted by molar-refractivity contribution is -0.124. The number of nitrogens with two attached hydrogens (primary N) is 2. The van der Waals surface area contributed by atoms with Gasteiger partial charge in [0.05, 0.1) is 24.7 Å². The smallest absolute Gasteiger partial charge is 0.237 e. The third-order valence-electron chi connectivity index (χ3n) is 5.06. The molecule has 1 amide bonds. The number of nitrogen functional groups attached to an aromatic ring is 1. The number of pyridine rings is 1. The van der Waals surface area contributed by atoms with Gasteiger partial charge in [0.15, 0.2) is 11.9 Å². The lowest BCUT2D eigenvalue weighted by Crippen LogP contribution is -2.52. The highest BCUT2D eigenvalue weighted by atomic mass is 16.5. The number of hydrogen-bond acceptors (Lipinski definition) is 8. The summed E-state index contributed by atoms with van der Waals surface area (Å²) in [5.74, 6) is -0.169. The van der Waals surface area contributed by atoms with E-state index in [1.165, 1.54) is 6.33 Å². The third-order valence-corrected chi connectivity index (χ3v) is 5.06. The van der Waals surface area contributed by atoms with Crippen molar-refractivity contribution in [1.82, 2.24) is 19.9 Å². The standard InChI is InChI=1S/C16H22N6O4/c17-8-3-4-19-14-11(8)20-6-22(14)16-12(13(24)9(5-23)26-16)21-15(25)10(18)7-1-2-7/h3-4,6-7,9-10,12-13,16,23-24H,1-2,5,18H2,(H2,17,19)(H,21,25)/t9-,10?,12+,13?,16-/m1/s1. The van der Waals surface area contributed by atoms with Gasteiger partial charge in [-0.1, -0.05) is 0 Å². The van der Waals surface area contributed by atoms with Crippen LogP contribution in [0.2, 0.25) is 0 Å². The number of amides is 1. The van der Waals surface area contributed by atoms with E-state index >= 15 is 0 Å². The highest BCUT2D eigenvalue weighted by Crippen LogP contribution is 2.34. The number of aromatic nitrogens is 3. The number of nitrogens with zero attached hydrogens (tertiary/aromatic N) is 3. The number of fused-ring (bicyclic) bond motifs is 1. The number of aliphatic hydroxyl groups is 2. The fourth-order valence-corrected chi connectivity index (χ4v) is 3.36. The first kappa shape index (κ1) is 17.2. The minimum Gasteiger partial charge on any atom is -0.397 e. The first-order valence-electron chi connectivity index (χ1n) is 8.58. The van der Waals surface area contributed by atoms with E-state index < -0.39 is 30.5 Å². The van der Waals surface area contributed by atoms with Gasteiger partial charge in [-0.25, -0.2) is 9.97 Å². The van der Waals surface area contributed by atoms with E-state index in [2.05, 4.69) is 15.3 Å². The van der Waals surface area contributed by atoms with E-state index in [0.717, 1.165) is 12.8 Å². The Morgan fingerprint density at radius 2 is 2.23 bits per heavy atom. The number of hydrogen-bond donors (Lipinski definition) is 5. The Labute approximate surface area is 149 Å². The van der Waals surface area contributed by atoms with Crippen molar-refractivity contribution in [2.24, 2.45) is 11.7 Å². The summed E-state index contributed by atoms with van der Waals surface area (Å²) >= 11 is 0. The van der Waals surface area contributed by atoms with Crippen molar-refractivity contribution >= 4 is 22.8 Å². The van der Waals surface area contributed by atoms with Crippen LogP contribution in [0.4, 0.5) is 5.69 Å². The number of rotatable bonds is 5. The molecule has 2 aliphatic rings. The SMILES string of the molecule is Nc1ccnc2c1ncn2[C@@H]1O[C@H](CO)C(O)[C@@H]1NC(=O)C(N)C1CC1. The normalized spacial score (nSPS) is 29.8. The second-order valence-electron chi connectivity index (χ2n) is 6.86. The number of nitrogens with one attached hydrogen (secondary N) is 1. The molecule has 1 saturated carbocycles. The molecular weight excluding hydrogens is 340 g/mol. The van der Waals surface area contributed by atoms with Crippen molar-refractivity contribution in [3.8, 4) is 0 Å². The molecule has 4 rings (SSSR count). The third kappa shape index (κ3) is 2.80. The first-order valence-corrected chi connectivity index (χ1v) is 8.58. The van der Waals surface area contributed by atoms with Gasteiger partial charge in [-0.2, -0.15) is 0 Å². The molecule has 10 heteroatoms. The van der Waals surface area contributed by atoms with Crippen LogP contribution in [0.5, 0.6) is 0 Å². The number of aliphatic hydroxyl groups excluding tert-OH is 2. The van der Waals surface area contributed by atoms with Crippen LogP contribution in [0.3, 0.4) is 0 Å². The van der Waals surface area contributed by atoms with Gasteiger partial charge in [0.25, 0.3) is 0 Å². The largest absolute Gasteiger partial charge is 0.397 e. The molecule has 7 N–H and O–H groups in total. The van der Waals surface area contributed by atoms with Crippen LogP contribution in [0, 0.1) is 5.92 Å². The number of imidazole rings is 1. The van der Waals surface area contributed by atoms with Gasteiger partial charge >= 0.3 is 0 Å². The lowest BCUT2D eigenvalue weighted by atomic mass is 10.1. The average Bonchev–Trinajstić information content (AvgIpc) is 3.32. The summed E-state index contributed by atoms with van der Waals surface area (Å²) in [5.41, 5.74) is 13.3. The molecule has 2 fully saturated rings. The van der Waals surface area contributed by atoms with Gasteiger partial charge in [-0.05, 0) is 24.8 Å². The fourth-order valence-electron chi connectivity index (χ4n) is 3.36. The van der Waals surface area contributed by atoms with E-state index in [-0.39, 0.29) is 18.4 Å². The molecule has 0 aromatic carbocycles. The minimum atomic E-state index is -1.10. The van der Waals surface area contributed by atoms with Gasteiger partial charge in [-0.3, -0.25) is 9.36 Å². The molecule has 0 spiro atoms. The van der Waals surface area contributed by atoms with Crippen LogP contribution in [0.15, 0.2) is 18.6 Å². The topological polar surface area (TPSA) is 162 Å². The monoisotopic (exact) mass is 362 g/mol. The molecule has 2 unspecified atom stereocenters. The Kier molecular flexibility index (Phi) is 4.27. The maximum absolute atomic E-state index is 12.4. The van der Waals surface area contributed by atoms with Crippen molar-refractivity contribution in [3.63, 3.8) is 0 Å². The first-order chi connectivity index (χ1) is 12.5. The molecule has 1 aliphatic carbocycles. The summed E-state index contributed by atoms with van der Waals surface area (Å²) < 4.78 is 7.37. The average molecular weight is 362 g/mol. The van der Waals surface area contributed by atoms with Gasteiger partial charge in [0.2, 0.25) is 5.91 Å². The van der Waals surface area contributed by atoms with Gasteiger partial charge in [-0.15, -0.1) is 0 Å². The molecule has 2 aromatic rings. The van der Waals surface area contributed by atoms with Crippen molar-refractivity contribution in [1.29, 1.82) is 0 Å². The number of ether oxygens (including phenoxy) is 1. The molecule has 140 valence electrons. The van der Waals surface area contributed by atoms with Crippen molar-refractivity contribution < 1.29 is 19.7 Å². The molecule has 3 heterocycles. The van der Waals surface area contributed by atoms with Crippen LogP contribution < -0.4 is 16.8 Å². The summed E-state index contributed by atoms with van der Waals surface area (Å²) in [5, 5.41) is 22.8. The predicted octanol–water partition coefficient (Wildman–Crippen LogP) is -1.51. The molecule has 5 atom stereocenters. The molecule has 2 aromatic heterocycles. The maximum Gasteiger partial charge on any atom is 0.237 e. The second-order valence-corrected chi connectivity index (χ2v) is 6.86. The highest BCUT2D eigenvalue weighted by molar-refractivity contribution is 5.84. The zero-order chi connectivity index (χ0) is 18.4. The fraction of sp³-hybridized carbons (Fsp3) is 0.562. The summed E-state index contributed by atoms with van der Waals surface area (Å²) in [7, 11) is 0. The Balaban J connectivity index is 1.65. The summed E-state index contributed by atoms with van der Waals surface area (Å²) in [6.45, 7) is -0.388. The quantitative estimate of drug-likeness (QED) is 0.429. The zero-order valence-electron chi connectivity index (χ0n) is 14.0. The van der Waals surface area contributed by atoms with Crippen molar-refractivity contribution in [3.05, 3.63) is 18.6 Å². The Hall–Kier alpha value is -2.27. The molecule has 26 heavy (non-hydrogen) atoms. The Morgan fingerprint density at radius 1 is 1.46 bits per heavy atom. The number of carbonyl (C=O) groups excluding carboxylic acids is 1. The van der Waals surface area contributed by atoms with Crippen LogP contribution >= 0.6 is 0 Å². The van der Waals surface area contributed by atoms with E-state index in [9.17, 15) is 15.0 Å². The number of carbonyl (C=O) groups is 1. The van der Waals surface area contributed by atoms with Crippen molar-refractivity contribution in [2.45, 2.75) is 43.4 Å².